The van der Waals surface area contributed by atoms with Gasteiger partial charge in [-0.3, -0.25) is 9.78 Å². The van der Waals surface area contributed by atoms with Gasteiger partial charge in [0.2, 0.25) is 0 Å². The van der Waals surface area contributed by atoms with Crippen molar-refractivity contribution in [2.75, 3.05) is 13.3 Å². The normalized spacial score (nSPS) is 15.4. The summed E-state index contributed by atoms with van der Waals surface area (Å²) in [6, 6.07) is 3.71. The summed E-state index contributed by atoms with van der Waals surface area (Å²) in [4.78, 5) is 37.8. The Morgan fingerprint density at radius 1 is 1.28 bits per heavy atom. The third-order valence-corrected chi connectivity index (χ3v) is 7.66. The maximum Gasteiger partial charge on any atom is 0.185 e. The molecule has 2 aromatic heterocycles. The molecule has 0 amide bonds. The molecule has 2 heterocycles. The van der Waals surface area contributed by atoms with E-state index in [4.69, 9.17) is 9.98 Å². The quantitative estimate of drug-likeness (QED) is 0.189. The van der Waals surface area contributed by atoms with Gasteiger partial charge in [0, 0.05) is 24.6 Å². The van der Waals surface area contributed by atoms with E-state index in [2.05, 4.69) is 45.6 Å². The molecular formula is C29H39N7O2S. The highest BCUT2D eigenvalue weighted by Crippen LogP contribution is 2.42. The highest BCUT2D eigenvalue weighted by Gasteiger charge is 2.30. The van der Waals surface area contributed by atoms with Gasteiger partial charge >= 0.3 is 0 Å². The lowest BCUT2D eigenvalue weighted by molar-refractivity contribution is -0.102. The van der Waals surface area contributed by atoms with Crippen molar-refractivity contribution in [2.24, 2.45) is 9.98 Å². The van der Waals surface area contributed by atoms with Gasteiger partial charge in [-0.25, -0.2) is 20.0 Å². The van der Waals surface area contributed by atoms with Crippen LogP contribution in [-0.4, -0.2) is 61.7 Å². The van der Waals surface area contributed by atoms with Gasteiger partial charge in [0.25, 0.3) is 0 Å². The maximum absolute atomic E-state index is 12.1. The first kappa shape index (κ1) is 30.2. The second-order valence-electron chi connectivity index (χ2n) is 10.0. The van der Waals surface area contributed by atoms with Gasteiger partial charge in [-0.05, 0) is 75.8 Å². The summed E-state index contributed by atoms with van der Waals surface area (Å²) in [7, 11) is 1.98. The van der Waals surface area contributed by atoms with Crippen molar-refractivity contribution >= 4 is 34.8 Å². The number of carbonyl (C=O) groups is 1. The summed E-state index contributed by atoms with van der Waals surface area (Å²) in [6.45, 7) is 14.7. The van der Waals surface area contributed by atoms with E-state index in [1.807, 2.05) is 27.8 Å². The number of carbonyl (C=O) groups excluding carboxylic acids is 1. The molecule has 2 aromatic rings. The molecule has 1 saturated carbocycles. The predicted octanol–water partition coefficient (Wildman–Crippen LogP) is 4.58. The summed E-state index contributed by atoms with van der Waals surface area (Å²) in [5.41, 5.74) is 5.47. The number of hydrogen-bond acceptors (Lipinski definition) is 7. The first-order valence-corrected chi connectivity index (χ1v) is 14.7. The van der Waals surface area contributed by atoms with Crippen LogP contribution in [0, 0.1) is 6.92 Å². The smallest absolute Gasteiger partial charge is 0.185 e. The lowest BCUT2D eigenvalue weighted by Crippen LogP contribution is -2.36. The molecule has 39 heavy (non-hydrogen) atoms. The number of rotatable bonds is 11. The topological polar surface area (TPSA) is 119 Å². The van der Waals surface area contributed by atoms with Crippen molar-refractivity contribution in [3.63, 3.8) is 0 Å². The van der Waals surface area contributed by atoms with Crippen molar-refractivity contribution in [1.29, 1.82) is 0 Å². The predicted molar refractivity (Wildman–Crippen MR) is 158 cm³/mol. The van der Waals surface area contributed by atoms with E-state index < -0.39 is 11.2 Å². The number of aryl methyl sites for hydroxylation is 1. The van der Waals surface area contributed by atoms with Gasteiger partial charge < -0.3 is 14.8 Å². The average Bonchev–Trinajstić information content (AvgIpc) is 3.76. The Balaban J connectivity index is 1.99. The van der Waals surface area contributed by atoms with E-state index >= 15 is 0 Å². The Morgan fingerprint density at radius 3 is 2.54 bits per heavy atom. The number of likely N-dealkylation sites (N-methyl/N-ethyl adjacent to an activating group) is 1. The molecule has 1 N–H and O–H groups in total. The van der Waals surface area contributed by atoms with Gasteiger partial charge in [-0.2, -0.15) is 0 Å². The van der Waals surface area contributed by atoms with E-state index in [9.17, 15) is 9.35 Å². The Morgan fingerprint density at radius 2 is 2.00 bits per heavy atom. The molecule has 0 bridgehead atoms. The van der Waals surface area contributed by atoms with Crippen LogP contribution in [-0.2, 0) is 22.5 Å². The molecule has 1 fully saturated rings. The molecule has 1 unspecified atom stereocenters. The van der Waals surface area contributed by atoms with Gasteiger partial charge in [0.05, 0.1) is 35.5 Å². The molecule has 1 aliphatic carbocycles. The van der Waals surface area contributed by atoms with Crippen molar-refractivity contribution in [3.8, 4) is 0 Å². The molecule has 10 heteroatoms. The van der Waals surface area contributed by atoms with Crippen molar-refractivity contribution in [3.05, 3.63) is 65.2 Å². The van der Waals surface area contributed by atoms with Crippen LogP contribution in [0.1, 0.15) is 75.5 Å². The van der Waals surface area contributed by atoms with Gasteiger partial charge in [-0.1, -0.05) is 13.5 Å². The molecule has 1 aliphatic rings. The third kappa shape index (κ3) is 7.83. The number of amidine groups is 2. The molecular weight excluding hydrogens is 510 g/mol. The summed E-state index contributed by atoms with van der Waals surface area (Å²) < 4.78 is 11.6. The molecule has 0 aliphatic heterocycles. The van der Waals surface area contributed by atoms with E-state index in [0.717, 1.165) is 41.8 Å². The van der Waals surface area contributed by atoms with E-state index in [1.165, 1.54) is 0 Å². The Hall–Kier alpha value is -3.37. The summed E-state index contributed by atoms with van der Waals surface area (Å²) in [5.74, 6) is 1.19. The monoisotopic (exact) mass is 549 g/mol. The lowest BCUT2D eigenvalue weighted by Gasteiger charge is -2.29. The maximum atomic E-state index is 12.1. The summed E-state index contributed by atoms with van der Waals surface area (Å²) in [6.07, 6.45) is 8.58. The molecule has 0 aromatic carbocycles. The van der Waals surface area contributed by atoms with Crippen LogP contribution < -0.4 is 5.32 Å². The second kappa shape index (κ2) is 13.6. The number of aromatic nitrogens is 3. The fraction of sp³-hybridized carbons (Fsp3) is 0.448. The first-order valence-electron chi connectivity index (χ1n) is 13.1. The molecule has 0 spiro atoms. The summed E-state index contributed by atoms with van der Waals surface area (Å²) in [5, 5.41) is 3.08. The summed E-state index contributed by atoms with van der Waals surface area (Å²) >= 11 is -1.10. The van der Waals surface area contributed by atoms with E-state index in [1.54, 1.807) is 30.9 Å². The van der Waals surface area contributed by atoms with Crippen molar-refractivity contribution in [1.82, 2.24) is 25.2 Å². The van der Waals surface area contributed by atoms with Crippen LogP contribution in [0.4, 0.5) is 0 Å². The average molecular weight is 550 g/mol. The van der Waals surface area contributed by atoms with Crippen LogP contribution in [0.2, 0.25) is 0 Å². The minimum absolute atomic E-state index is 0.157. The standard InChI is InChI=1S/C29H39N7O2S/c1-9-19(4)36(7)29(34-21(6)26-20(5)32-17-33-28(26)22-10-11-22)27(18(2)3)35-25(16-37)31-14-23-12-13-24(15-30-23)39(8)38/h12-13,15-17,19,22H,6,9-11,14H2,1-5,7-8H3,(H,31,35)/b34-29+/t19-,39?/m0/s1. The molecule has 3 rings (SSSR count). The van der Waals surface area contributed by atoms with Gasteiger partial charge in [0.1, 0.15) is 18.3 Å². The van der Waals surface area contributed by atoms with Crippen LogP contribution in [0.5, 0.6) is 0 Å². The zero-order chi connectivity index (χ0) is 28.7. The Kier molecular flexibility index (Phi) is 10.5. The molecule has 0 radical (unpaired) electrons. The van der Waals surface area contributed by atoms with Crippen molar-refractivity contribution < 1.29 is 9.35 Å². The Labute approximate surface area is 234 Å². The number of hydrogen-bond donors (Lipinski definition) is 1. The van der Waals surface area contributed by atoms with Crippen molar-refractivity contribution in [2.45, 2.75) is 77.3 Å². The highest BCUT2D eigenvalue weighted by molar-refractivity contribution is 7.90. The molecule has 208 valence electrons. The number of aliphatic imine (C=N–C) groups is 2. The van der Waals surface area contributed by atoms with Crippen LogP contribution in [0.25, 0.3) is 5.70 Å². The molecule has 9 nitrogen and oxygen atoms in total. The van der Waals surface area contributed by atoms with Gasteiger partial charge in [-0.15, -0.1) is 0 Å². The van der Waals surface area contributed by atoms with Gasteiger partial charge in [0.15, 0.2) is 22.9 Å². The minimum atomic E-state index is -1.10. The minimum Gasteiger partial charge on any atom is -0.612 e. The second-order valence-corrected chi connectivity index (χ2v) is 11.4. The SMILES string of the molecule is C=C(/N=C(\C(/N=C(\C=O)NCc1ccc([S+](C)[O-])cn1)=C(C)C)N(C)[C@@H](C)CC)c1c(C)ncnc1C1CC1. The Bertz CT molecular complexity index is 1280. The first-order chi connectivity index (χ1) is 18.6. The number of aldehydes is 1. The third-order valence-electron chi connectivity index (χ3n) is 6.76. The fourth-order valence-electron chi connectivity index (χ4n) is 3.96. The van der Waals surface area contributed by atoms with Crippen LogP contribution in [0.15, 0.2) is 57.4 Å². The largest absolute Gasteiger partial charge is 0.612 e. The number of allylic oxidation sites excluding steroid dienone is 1. The molecule has 0 saturated heterocycles. The fourth-order valence-corrected chi connectivity index (χ4v) is 4.42. The highest BCUT2D eigenvalue weighted by atomic mass is 32.2. The van der Waals surface area contributed by atoms with E-state index in [-0.39, 0.29) is 18.4 Å². The van der Waals surface area contributed by atoms with Crippen LogP contribution >= 0.6 is 0 Å². The number of nitrogens with zero attached hydrogens (tertiary/aromatic N) is 6. The van der Waals surface area contributed by atoms with Crippen LogP contribution in [0.3, 0.4) is 0 Å². The zero-order valence-corrected chi connectivity index (χ0v) is 24.8. The zero-order valence-electron chi connectivity index (χ0n) is 24.0. The number of pyridine rings is 1. The van der Waals surface area contributed by atoms with E-state index in [0.29, 0.717) is 40.0 Å². The molecule has 2 atom stereocenters. The lowest BCUT2D eigenvalue weighted by atomic mass is 10.1. The number of nitrogens with one attached hydrogen (secondary N) is 1.